The number of nitrogens with one attached hydrogen (secondary N) is 1. The van der Waals surface area contributed by atoms with Crippen LogP contribution in [0.5, 0.6) is 0 Å². The van der Waals surface area contributed by atoms with Crippen molar-refractivity contribution < 1.29 is 17.2 Å². The van der Waals surface area contributed by atoms with Crippen molar-refractivity contribution in [2.75, 3.05) is 0 Å². The first-order chi connectivity index (χ1) is 7.95. The highest BCUT2D eigenvalue weighted by molar-refractivity contribution is 8.61. The van der Waals surface area contributed by atoms with Crippen LogP contribution in [0.4, 0.5) is 0 Å². The van der Waals surface area contributed by atoms with Crippen LogP contribution in [0.1, 0.15) is 51.9 Å². The van der Waals surface area contributed by atoms with Gasteiger partial charge in [-0.15, -0.1) is 0 Å². The van der Waals surface area contributed by atoms with Crippen LogP contribution in [-0.2, 0) is 19.2 Å². The molecule has 102 valence electrons. The third-order valence-electron chi connectivity index (χ3n) is 3.30. The first-order valence-corrected chi connectivity index (χ1v) is 9.15. The molecule has 17 heavy (non-hydrogen) atoms. The van der Waals surface area contributed by atoms with Crippen LogP contribution in [0.15, 0.2) is 0 Å². The van der Waals surface area contributed by atoms with Gasteiger partial charge in [-0.05, 0) is 31.6 Å². The average molecular weight is 282 g/mol. The van der Waals surface area contributed by atoms with E-state index in [0.717, 1.165) is 25.7 Å². The predicted octanol–water partition coefficient (Wildman–Crippen LogP) is 1.45. The van der Waals surface area contributed by atoms with Gasteiger partial charge >= 0.3 is 0 Å². The Morgan fingerprint density at radius 2 is 1.88 bits per heavy atom. The standard InChI is InChI=1S/C10H21NO4S2/c1-2-3-4-9-5-7-10(8-6-9)11-17(14,15)16(12)13/h9-11H,2-8H2,1H3,(H,12,13)/p-1. The maximum atomic E-state index is 11.1. The molecule has 0 heterocycles. The van der Waals surface area contributed by atoms with Gasteiger partial charge < -0.3 is 4.55 Å². The van der Waals surface area contributed by atoms with Gasteiger partial charge in [0, 0.05) is 6.04 Å². The average Bonchev–Trinajstić information content (AvgIpc) is 2.27. The minimum atomic E-state index is -4.17. The van der Waals surface area contributed by atoms with Crippen molar-refractivity contribution in [3.05, 3.63) is 0 Å². The summed E-state index contributed by atoms with van der Waals surface area (Å²) in [7, 11) is -7.25. The predicted molar refractivity (Wildman–Crippen MR) is 66.2 cm³/mol. The lowest BCUT2D eigenvalue weighted by molar-refractivity contribution is 0.294. The molecule has 0 spiro atoms. The summed E-state index contributed by atoms with van der Waals surface area (Å²) in [6.07, 6.45) is 7.05. The Bertz CT molecular complexity index is 347. The highest BCUT2D eigenvalue weighted by atomic mass is 33.2. The quantitative estimate of drug-likeness (QED) is 0.590. The van der Waals surface area contributed by atoms with Crippen molar-refractivity contribution in [1.82, 2.24) is 4.72 Å². The lowest BCUT2D eigenvalue weighted by atomic mass is 9.83. The van der Waals surface area contributed by atoms with Crippen LogP contribution >= 0.6 is 0 Å². The van der Waals surface area contributed by atoms with Crippen molar-refractivity contribution in [3.8, 4) is 0 Å². The van der Waals surface area contributed by atoms with E-state index in [1.54, 1.807) is 0 Å². The van der Waals surface area contributed by atoms with Gasteiger partial charge in [-0.1, -0.05) is 26.2 Å². The van der Waals surface area contributed by atoms with Crippen LogP contribution in [0, 0.1) is 5.92 Å². The Labute approximate surface area is 105 Å². The third kappa shape index (κ3) is 5.03. The minimum absolute atomic E-state index is 0.212. The van der Waals surface area contributed by atoms with Crippen molar-refractivity contribution in [3.63, 3.8) is 0 Å². The van der Waals surface area contributed by atoms with E-state index in [4.69, 9.17) is 0 Å². The molecule has 0 amide bonds. The van der Waals surface area contributed by atoms with E-state index in [0.29, 0.717) is 5.92 Å². The van der Waals surface area contributed by atoms with Crippen molar-refractivity contribution >= 4 is 19.2 Å². The Kier molecular flexibility index (Phi) is 6.05. The van der Waals surface area contributed by atoms with Crippen LogP contribution in [0.2, 0.25) is 0 Å². The Morgan fingerprint density at radius 1 is 1.29 bits per heavy atom. The molecule has 0 radical (unpaired) electrons. The van der Waals surface area contributed by atoms with E-state index in [9.17, 15) is 17.2 Å². The third-order valence-corrected chi connectivity index (χ3v) is 5.65. The van der Waals surface area contributed by atoms with Gasteiger partial charge in [0.05, 0.1) is 10.1 Å². The molecular weight excluding hydrogens is 262 g/mol. The molecule has 1 saturated carbocycles. The van der Waals surface area contributed by atoms with Gasteiger partial charge in [-0.25, -0.2) is 4.72 Å². The zero-order valence-corrected chi connectivity index (χ0v) is 11.7. The van der Waals surface area contributed by atoms with E-state index in [1.165, 1.54) is 19.3 Å². The van der Waals surface area contributed by atoms with Crippen LogP contribution < -0.4 is 4.72 Å². The summed E-state index contributed by atoms with van der Waals surface area (Å²) in [5.41, 5.74) is 0. The molecule has 1 rings (SSSR count). The summed E-state index contributed by atoms with van der Waals surface area (Å²) >= 11 is 0. The van der Waals surface area contributed by atoms with Crippen LogP contribution in [0.3, 0.4) is 0 Å². The smallest absolute Gasteiger partial charge is 0.280 e. The number of rotatable bonds is 6. The molecule has 0 aromatic rings. The molecule has 1 N–H and O–H groups in total. The molecule has 1 fully saturated rings. The molecule has 0 aromatic carbocycles. The molecule has 0 aromatic heterocycles. The van der Waals surface area contributed by atoms with Gasteiger partial charge in [-0.3, -0.25) is 4.21 Å². The van der Waals surface area contributed by atoms with E-state index in [2.05, 4.69) is 11.6 Å². The fourth-order valence-corrected chi connectivity index (χ4v) is 3.67. The Morgan fingerprint density at radius 3 is 2.35 bits per heavy atom. The first-order valence-electron chi connectivity index (χ1n) is 6.07. The van der Waals surface area contributed by atoms with Crippen LogP contribution in [-0.4, -0.2) is 23.2 Å². The maximum absolute atomic E-state index is 11.1. The highest BCUT2D eigenvalue weighted by Crippen LogP contribution is 2.28. The van der Waals surface area contributed by atoms with Gasteiger partial charge in [-0.2, -0.15) is 8.42 Å². The molecular formula is C10H20NO4S2-. The largest absolute Gasteiger partial charge is 0.759 e. The Balaban J connectivity index is 2.35. The lowest BCUT2D eigenvalue weighted by Crippen LogP contribution is -2.39. The number of unbranched alkanes of at least 4 members (excludes halogenated alkanes) is 1. The zero-order valence-electron chi connectivity index (χ0n) is 10.1. The van der Waals surface area contributed by atoms with Gasteiger partial charge in [0.2, 0.25) is 0 Å². The molecule has 1 atom stereocenters. The molecule has 0 bridgehead atoms. The van der Waals surface area contributed by atoms with E-state index in [1.807, 2.05) is 0 Å². The normalized spacial score (nSPS) is 27.9. The molecule has 7 heteroatoms. The second-order valence-corrected chi connectivity index (χ2v) is 8.32. The summed E-state index contributed by atoms with van der Waals surface area (Å²) in [6.45, 7) is 2.16. The fraction of sp³-hybridized carbons (Fsp3) is 1.00. The summed E-state index contributed by atoms with van der Waals surface area (Å²) in [5.74, 6) is 0.674. The fourth-order valence-electron chi connectivity index (χ4n) is 2.31. The van der Waals surface area contributed by atoms with Crippen molar-refractivity contribution in [2.24, 2.45) is 5.92 Å². The lowest BCUT2D eigenvalue weighted by Gasteiger charge is -2.29. The maximum Gasteiger partial charge on any atom is 0.280 e. The summed E-state index contributed by atoms with van der Waals surface area (Å²) in [6, 6.07) is -0.212. The van der Waals surface area contributed by atoms with Gasteiger partial charge in [0.25, 0.3) is 9.06 Å². The van der Waals surface area contributed by atoms with Crippen LogP contribution in [0.25, 0.3) is 0 Å². The van der Waals surface area contributed by atoms with Crippen molar-refractivity contribution in [1.29, 1.82) is 0 Å². The number of hydrogen-bond acceptors (Lipinski definition) is 4. The summed E-state index contributed by atoms with van der Waals surface area (Å²) in [5, 5.41) is 0. The molecule has 0 saturated heterocycles. The SMILES string of the molecule is CCCCC1CCC(NS(=O)(=O)S(=O)[O-])CC1. The van der Waals surface area contributed by atoms with E-state index >= 15 is 0 Å². The van der Waals surface area contributed by atoms with Crippen molar-refractivity contribution in [2.45, 2.75) is 57.9 Å². The molecule has 0 aliphatic heterocycles. The van der Waals surface area contributed by atoms with E-state index < -0.39 is 19.2 Å². The second-order valence-electron chi connectivity index (χ2n) is 4.64. The minimum Gasteiger partial charge on any atom is -0.759 e. The summed E-state index contributed by atoms with van der Waals surface area (Å²) in [4.78, 5) is 0. The second kappa shape index (κ2) is 6.82. The first kappa shape index (κ1) is 15.1. The molecule has 1 aliphatic rings. The molecule has 5 nitrogen and oxygen atoms in total. The molecule has 1 unspecified atom stereocenters. The molecule has 1 aliphatic carbocycles. The van der Waals surface area contributed by atoms with Gasteiger partial charge in [0.15, 0.2) is 0 Å². The number of hydrogen-bond donors (Lipinski definition) is 1. The van der Waals surface area contributed by atoms with E-state index in [-0.39, 0.29) is 6.04 Å². The summed E-state index contributed by atoms with van der Waals surface area (Å²) < 4.78 is 45.4. The topological polar surface area (TPSA) is 86.3 Å². The van der Waals surface area contributed by atoms with Gasteiger partial charge in [0.1, 0.15) is 0 Å². The monoisotopic (exact) mass is 282 g/mol. The Hall–Kier alpha value is 0.0200. The highest BCUT2D eigenvalue weighted by Gasteiger charge is 2.24. The zero-order chi connectivity index (χ0) is 12.9.